The number of rotatable bonds is 3. The zero-order valence-corrected chi connectivity index (χ0v) is 12.6. The van der Waals surface area contributed by atoms with Gasteiger partial charge in [-0.15, -0.1) is 0 Å². The van der Waals surface area contributed by atoms with E-state index in [-0.39, 0.29) is 5.91 Å². The van der Waals surface area contributed by atoms with Crippen molar-refractivity contribution in [1.29, 1.82) is 0 Å². The Morgan fingerprint density at radius 3 is 2.84 bits per heavy atom. The molecule has 0 aliphatic heterocycles. The third-order valence-corrected chi connectivity index (χ3v) is 3.24. The first-order chi connectivity index (χ1) is 9.08. The number of aromatic nitrogens is 1. The summed E-state index contributed by atoms with van der Waals surface area (Å²) < 4.78 is 0.910. The summed E-state index contributed by atoms with van der Waals surface area (Å²) in [7, 11) is 0. The summed E-state index contributed by atoms with van der Waals surface area (Å²) in [5.74, 6) is -0.197. The second kappa shape index (κ2) is 6.17. The Morgan fingerprint density at radius 2 is 2.16 bits per heavy atom. The highest BCUT2D eigenvalue weighted by Gasteiger charge is 2.09. The van der Waals surface area contributed by atoms with E-state index in [4.69, 9.17) is 11.6 Å². The number of carbonyl (C=O) groups is 1. The molecule has 0 aliphatic carbocycles. The van der Waals surface area contributed by atoms with Gasteiger partial charge in [-0.3, -0.25) is 4.79 Å². The summed E-state index contributed by atoms with van der Waals surface area (Å²) in [5.41, 5.74) is 2.04. The molecule has 0 radical (unpaired) electrons. The lowest BCUT2D eigenvalue weighted by molar-refractivity contribution is 0.102. The van der Waals surface area contributed by atoms with Crippen LogP contribution in [0.2, 0.25) is 5.15 Å². The number of amides is 1. The minimum Gasteiger partial charge on any atom is -0.322 e. The van der Waals surface area contributed by atoms with Crippen molar-refractivity contribution >= 4 is 39.1 Å². The van der Waals surface area contributed by atoms with Crippen LogP contribution in [0.5, 0.6) is 0 Å². The average Bonchev–Trinajstić information content (AvgIpc) is 2.38. The van der Waals surface area contributed by atoms with E-state index in [2.05, 4.69) is 26.2 Å². The fraction of sp³-hybridized carbons (Fsp3) is 0.143. The highest BCUT2D eigenvalue weighted by molar-refractivity contribution is 9.10. The van der Waals surface area contributed by atoms with Crippen LogP contribution in [-0.4, -0.2) is 10.9 Å². The lowest BCUT2D eigenvalue weighted by Crippen LogP contribution is -2.12. The third-order valence-electron chi connectivity index (χ3n) is 2.55. The van der Waals surface area contributed by atoms with Crippen molar-refractivity contribution < 1.29 is 4.79 Å². The maximum Gasteiger partial charge on any atom is 0.255 e. The van der Waals surface area contributed by atoms with Crippen molar-refractivity contribution in [2.75, 3.05) is 5.32 Å². The molecule has 98 valence electrons. The molecule has 3 nitrogen and oxygen atoms in total. The Morgan fingerprint density at radius 1 is 1.37 bits per heavy atom. The van der Waals surface area contributed by atoms with Gasteiger partial charge in [0.1, 0.15) is 5.15 Å². The highest BCUT2D eigenvalue weighted by Crippen LogP contribution is 2.18. The normalized spacial score (nSPS) is 10.3. The molecule has 2 aromatic rings. The Bertz CT molecular complexity index is 616. The van der Waals surface area contributed by atoms with Crippen molar-refractivity contribution in [1.82, 2.24) is 4.98 Å². The number of aryl methyl sites for hydroxylation is 1. The summed E-state index contributed by atoms with van der Waals surface area (Å²) in [5, 5.41) is 3.15. The number of hydrogen-bond donors (Lipinski definition) is 1. The molecule has 1 aromatic carbocycles. The second-order valence-corrected chi connectivity index (χ2v) is 5.29. The number of halogens is 2. The molecular formula is C14H12BrClN2O. The molecule has 0 saturated heterocycles. The van der Waals surface area contributed by atoms with Crippen LogP contribution in [0.15, 0.2) is 40.9 Å². The van der Waals surface area contributed by atoms with Gasteiger partial charge in [0.2, 0.25) is 0 Å². The Kier molecular flexibility index (Phi) is 4.56. The van der Waals surface area contributed by atoms with Crippen LogP contribution < -0.4 is 5.32 Å². The summed E-state index contributed by atoms with van der Waals surface area (Å²) in [6, 6.07) is 10.7. The van der Waals surface area contributed by atoms with Gasteiger partial charge in [-0.2, -0.15) is 0 Å². The highest BCUT2D eigenvalue weighted by atomic mass is 79.9. The molecule has 0 unspecified atom stereocenters. The predicted octanol–water partition coefficient (Wildman–Crippen LogP) is 4.31. The second-order valence-electron chi connectivity index (χ2n) is 3.99. The third kappa shape index (κ3) is 3.78. The van der Waals surface area contributed by atoms with E-state index in [1.54, 1.807) is 12.1 Å². The van der Waals surface area contributed by atoms with E-state index in [1.165, 1.54) is 0 Å². The Hall–Kier alpha value is -1.39. The molecule has 0 saturated carbocycles. The fourth-order valence-corrected chi connectivity index (χ4v) is 2.26. The lowest BCUT2D eigenvalue weighted by atomic mass is 10.2. The van der Waals surface area contributed by atoms with Gasteiger partial charge in [0.25, 0.3) is 5.91 Å². The van der Waals surface area contributed by atoms with Gasteiger partial charge in [-0.05, 0) is 36.8 Å². The molecular weight excluding hydrogens is 328 g/mol. The molecule has 1 N–H and O–H groups in total. The SMILES string of the molecule is CCc1cc(C(=O)Nc2cccc(Br)c2)cc(Cl)n1. The smallest absolute Gasteiger partial charge is 0.255 e. The number of carbonyl (C=O) groups excluding carboxylic acids is 1. The topological polar surface area (TPSA) is 42.0 Å². The first kappa shape index (κ1) is 14.0. The molecule has 19 heavy (non-hydrogen) atoms. The predicted molar refractivity (Wildman–Crippen MR) is 80.7 cm³/mol. The lowest BCUT2D eigenvalue weighted by Gasteiger charge is -2.07. The standard InChI is InChI=1S/C14H12BrClN2O/c1-2-11-6-9(7-13(16)17-11)14(19)18-12-5-3-4-10(15)8-12/h3-8H,2H2,1H3,(H,18,19). The number of nitrogens with one attached hydrogen (secondary N) is 1. The molecule has 5 heteroatoms. The Labute approximate surface area is 125 Å². The van der Waals surface area contributed by atoms with Crippen molar-refractivity contribution in [3.05, 3.63) is 57.3 Å². The van der Waals surface area contributed by atoms with Gasteiger partial charge < -0.3 is 5.32 Å². The van der Waals surface area contributed by atoms with E-state index in [0.717, 1.165) is 22.3 Å². The van der Waals surface area contributed by atoms with Crippen LogP contribution >= 0.6 is 27.5 Å². The van der Waals surface area contributed by atoms with E-state index >= 15 is 0 Å². The first-order valence-corrected chi connectivity index (χ1v) is 6.99. The van der Waals surface area contributed by atoms with Gasteiger partial charge in [0.05, 0.1) is 0 Å². The van der Waals surface area contributed by atoms with E-state index in [0.29, 0.717) is 10.7 Å². The van der Waals surface area contributed by atoms with Crippen molar-refractivity contribution in [3.63, 3.8) is 0 Å². The number of nitrogens with zero attached hydrogens (tertiary/aromatic N) is 1. The summed E-state index contributed by atoms with van der Waals surface area (Å²) in [6.07, 6.45) is 0.734. The number of benzene rings is 1. The molecule has 0 atom stereocenters. The summed E-state index contributed by atoms with van der Waals surface area (Å²) in [6.45, 7) is 1.97. The minimum absolute atomic E-state index is 0.197. The van der Waals surface area contributed by atoms with Crippen molar-refractivity contribution in [2.24, 2.45) is 0 Å². The number of anilines is 1. The van der Waals surface area contributed by atoms with Gasteiger partial charge in [-0.1, -0.05) is 40.5 Å². The maximum absolute atomic E-state index is 12.1. The molecule has 1 amide bonds. The molecule has 0 aliphatic rings. The van der Waals surface area contributed by atoms with Crippen LogP contribution in [0.4, 0.5) is 5.69 Å². The molecule has 0 fully saturated rings. The number of hydrogen-bond acceptors (Lipinski definition) is 2. The van der Waals surface area contributed by atoms with E-state index < -0.39 is 0 Å². The van der Waals surface area contributed by atoms with Gasteiger partial charge >= 0.3 is 0 Å². The largest absolute Gasteiger partial charge is 0.322 e. The first-order valence-electron chi connectivity index (χ1n) is 5.82. The van der Waals surface area contributed by atoms with Crippen LogP contribution in [-0.2, 0) is 6.42 Å². The molecule has 0 spiro atoms. The molecule has 0 bridgehead atoms. The Balaban J connectivity index is 2.22. The van der Waals surface area contributed by atoms with Crippen LogP contribution in [0.1, 0.15) is 23.0 Å². The van der Waals surface area contributed by atoms with E-state index in [9.17, 15) is 4.79 Å². The number of pyridine rings is 1. The molecule has 2 rings (SSSR count). The van der Waals surface area contributed by atoms with Crippen LogP contribution in [0.25, 0.3) is 0 Å². The summed E-state index contributed by atoms with van der Waals surface area (Å²) >= 11 is 9.26. The van der Waals surface area contributed by atoms with Gasteiger partial charge in [0, 0.05) is 21.4 Å². The van der Waals surface area contributed by atoms with Crippen LogP contribution in [0, 0.1) is 0 Å². The monoisotopic (exact) mass is 338 g/mol. The van der Waals surface area contributed by atoms with Crippen molar-refractivity contribution in [3.8, 4) is 0 Å². The van der Waals surface area contributed by atoms with Gasteiger partial charge in [0.15, 0.2) is 0 Å². The zero-order valence-electron chi connectivity index (χ0n) is 10.3. The minimum atomic E-state index is -0.197. The maximum atomic E-state index is 12.1. The summed E-state index contributed by atoms with van der Waals surface area (Å²) in [4.78, 5) is 16.3. The molecule has 1 aromatic heterocycles. The van der Waals surface area contributed by atoms with Crippen LogP contribution in [0.3, 0.4) is 0 Å². The quantitative estimate of drug-likeness (QED) is 0.847. The van der Waals surface area contributed by atoms with Crippen molar-refractivity contribution in [2.45, 2.75) is 13.3 Å². The zero-order chi connectivity index (χ0) is 13.8. The fourth-order valence-electron chi connectivity index (χ4n) is 1.63. The van der Waals surface area contributed by atoms with Gasteiger partial charge in [-0.25, -0.2) is 4.98 Å². The van der Waals surface area contributed by atoms with E-state index in [1.807, 2.05) is 31.2 Å². The average molecular weight is 340 g/mol. The molecule has 1 heterocycles.